The van der Waals surface area contributed by atoms with E-state index in [1.165, 1.54) is 11.8 Å². The van der Waals surface area contributed by atoms with E-state index in [9.17, 15) is 25.2 Å². The van der Waals surface area contributed by atoms with E-state index >= 15 is 0 Å². The summed E-state index contributed by atoms with van der Waals surface area (Å²) >= 11 is 4.31. The third-order valence-corrected chi connectivity index (χ3v) is 5.06. The van der Waals surface area contributed by atoms with Crippen LogP contribution in [0.5, 0.6) is 0 Å². The average molecular weight is 397 g/mol. The Hall–Kier alpha value is -0.490. The van der Waals surface area contributed by atoms with Crippen molar-refractivity contribution in [3.8, 4) is 0 Å². The largest absolute Gasteiger partial charge is 0.394 e. The van der Waals surface area contributed by atoms with Crippen molar-refractivity contribution in [2.45, 2.75) is 42.7 Å². The molecule has 8 nitrogen and oxygen atoms in total. The molecule has 0 radical (unpaired) electrons. The summed E-state index contributed by atoms with van der Waals surface area (Å²) in [6.07, 6.45) is -5.24. The Bertz CT molecular complexity index is 610. The van der Waals surface area contributed by atoms with Crippen molar-refractivity contribution in [3.63, 3.8) is 0 Å². The van der Waals surface area contributed by atoms with Crippen molar-refractivity contribution in [2.75, 3.05) is 12.9 Å². The summed E-state index contributed by atoms with van der Waals surface area (Å²) in [6.45, 7) is 1.09. The van der Waals surface area contributed by atoms with Crippen molar-refractivity contribution >= 4 is 27.7 Å². The van der Waals surface area contributed by atoms with Crippen LogP contribution in [0.2, 0.25) is 0 Å². The van der Waals surface area contributed by atoms with Gasteiger partial charge >= 0.3 is 0 Å². The summed E-state index contributed by atoms with van der Waals surface area (Å²) in [5, 5.41) is 39.3. The summed E-state index contributed by atoms with van der Waals surface area (Å²) in [5.41, 5.74) is -0.00336. The van der Waals surface area contributed by atoms with E-state index in [1.807, 2.05) is 0 Å². The Balaban J connectivity index is 2.55. The first-order chi connectivity index (χ1) is 10.3. The number of nitrogens with zero attached hydrogens (tertiary/aromatic N) is 2. The van der Waals surface area contributed by atoms with Crippen LogP contribution < -0.4 is 5.56 Å². The summed E-state index contributed by atoms with van der Waals surface area (Å²) in [4.78, 5) is 16.7. The molecule has 4 N–H and O–H groups in total. The van der Waals surface area contributed by atoms with E-state index in [0.717, 1.165) is 4.57 Å². The molecule has 1 fully saturated rings. The van der Waals surface area contributed by atoms with Gasteiger partial charge in [-0.25, -0.2) is 4.98 Å². The number of halogens is 1. The normalized spacial score (nSPS) is 32.2. The fraction of sp³-hybridized carbons (Fsp3) is 0.667. The average Bonchev–Trinajstić information content (AvgIpc) is 2.51. The Morgan fingerprint density at radius 1 is 1.32 bits per heavy atom. The van der Waals surface area contributed by atoms with Crippen LogP contribution in [0.4, 0.5) is 0 Å². The van der Waals surface area contributed by atoms with Gasteiger partial charge in [-0.05, 0) is 29.1 Å². The number of rotatable bonds is 3. The second-order valence-electron chi connectivity index (χ2n) is 4.89. The Morgan fingerprint density at radius 3 is 2.50 bits per heavy atom. The molecule has 5 atom stereocenters. The molecular formula is C12H17BrN2O6S. The zero-order chi connectivity index (χ0) is 16.6. The molecule has 0 aromatic carbocycles. The first-order valence-electron chi connectivity index (χ1n) is 6.46. The number of aryl methyl sites for hydroxylation is 1. The van der Waals surface area contributed by atoms with E-state index in [0.29, 0.717) is 5.69 Å². The van der Waals surface area contributed by atoms with Crippen molar-refractivity contribution in [3.05, 3.63) is 20.5 Å². The van der Waals surface area contributed by atoms with E-state index in [2.05, 4.69) is 20.9 Å². The lowest BCUT2D eigenvalue weighted by Gasteiger charge is -2.40. The van der Waals surface area contributed by atoms with Crippen LogP contribution >= 0.6 is 27.7 Å². The molecule has 1 aromatic heterocycles. The summed E-state index contributed by atoms with van der Waals surface area (Å²) in [5.74, 6) is 0. The number of hydrogen-bond donors (Lipinski definition) is 4. The molecule has 1 aliphatic rings. The maximum Gasteiger partial charge on any atom is 0.270 e. The van der Waals surface area contributed by atoms with Crippen molar-refractivity contribution in [1.29, 1.82) is 0 Å². The van der Waals surface area contributed by atoms with Gasteiger partial charge in [0.05, 0.1) is 12.3 Å². The van der Waals surface area contributed by atoms with Gasteiger partial charge in [-0.15, -0.1) is 0 Å². The predicted octanol–water partition coefficient (Wildman–Crippen LogP) is -0.991. The Labute approximate surface area is 138 Å². The molecule has 124 valence electrons. The lowest BCUT2D eigenvalue weighted by atomic mass is 9.98. The highest BCUT2D eigenvalue weighted by Crippen LogP contribution is 2.30. The second kappa shape index (κ2) is 6.95. The monoisotopic (exact) mass is 396 g/mol. The van der Waals surface area contributed by atoms with Crippen LogP contribution in [0.3, 0.4) is 0 Å². The molecule has 2 rings (SSSR count). The van der Waals surface area contributed by atoms with Crippen molar-refractivity contribution in [1.82, 2.24) is 9.55 Å². The van der Waals surface area contributed by atoms with E-state index in [-0.39, 0.29) is 9.63 Å². The molecule has 0 saturated carbocycles. The van der Waals surface area contributed by atoms with Crippen LogP contribution in [-0.2, 0) is 4.74 Å². The van der Waals surface area contributed by atoms with Gasteiger partial charge in [0.2, 0.25) is 0 Å². The minimum absolute atomic E-state index is 0.210. The summed E-state index contributed by atoms with van der Waals surface area (Å²) < 4.78 is 6.73. The number of aliphatic hydroxyl groups excluding tert-OH is 4. The van der Waals surface area contributed by atoms with Crippen LogP contribution in [-0.4, -0.2) is 67.3 Å². The smallest absolute Gasteiger partial charge is 0.270 e. The molecule has 0 amide bonds. The maximum atomic E-state index is 12.5. The second-order valence-corrected chi connectivity index (χ2v) is 6.46. The SMILES string of the molecule is CSc1nc(C)c(Br)c(=O)n1[C@@H]1O[C@H](CO)[C@@H](O)[C@H](O)[C@H]1O. The quantitative estimate of drug-likeness (QED) is 0.379. The lowest BCUT2D eigenvalue weighted by Crippen LogP contribution is -2.57. The molecule has 22 heavy (non-hydrogen) atoms. The third kappa shape index (κ3) is 2.96. The number of aromatic nitrogens is 2. The van der Waals surface area contributed by atoms with Gasteiger partial charge in [-0.3, -0.25) is 9.36 Å². The van der Waals surface area contributed by atoms with Crippen LogP contribution in [0.25, 0.3) is 0 Å². The lowest BCUT2D eigenvalue weighted by molar-refractivity contribution is -0.254. The number of aliphatic hydroxyl groups is 4. The number of hydrogen-bond acceptors (Lipinski definition) is 8. The zero-order valence-corrected chi connectivity index (χ0v) is 14.3. The van der Waals surface area contributed by atoms with Gasteiger partial charge in [-0.1, -0.05) is 11.8 Å². The number of ether oxygens (including phenoxy) is 1. The first-order valence-corrected chi connectivity index (χ1v) is 8.48. The minimum atomic E-state index is -1.56. The van der Waals surface area contributed by atoms with Gasteiger partial charge in [0.1, 0.15) is 28.9 Å². The van der Waals surface area contributed by atoms with E-state index in [1.54, 1.807) is 13.2 Å². The van der Waals surface area contributed by atoms with Gasteiger partial charge in [-0.2, -0.15) is 0 Å². The summed E-state index contributed by atoms with van der Waals surface area (Å²) in [7, 11) is 0. The molecule has 1 saturated heterocycles. The fourth-order valence-corrected chi connectivity index (χ4v) is 3.15. The topological polar surface area (TPSA) is 125 Å². The molecule has 0 aliphatic carbocycles. The van der Waals surface area contributed by atoms with Crippen LogP contribution in [0, 0.1) is 6.92 Å². The predicted molar refractivity (Wildman–Crippen MR) is 81.7 cm³/mol. The Morgan fingerprint density at radius 2 is 1.95 bits per heavy atom. The highest BCUT2D eigenvalue weighted by atomic mass is 79.9. The van der Waals surface area contributed by atoms with Crippen molar-refractivity contribution in [2.24, 2.45) is 0 Å². The van der Waals surface area contributed by atoms with Gasteiger partial charge in [0.15, 0.2) is 11.4 Å². The zero-order valence-electron chi connectivity index (χ0n) is 11.9. The minimum Gasteiger partial charge on any atom is -0.394 e. The molecule has 10 heteroatoms. The molecule has 0 bridgehead atoms. The maximum absolute atomic E-state index is 12.5. The van der Waals surface area contributed by atoms with Gasteiger partial charge < -0.3 is 25.2 Å². The molecule has 0 spiro atoms. The molecule has 1 aromatic rings. The van der Waals surface area contributed by atoms with Gasteiger partial charge in [0.25, 0.3) is 5.56 Å². The third-order valence-electron chi connectivity index (χ3n) is 3.50. The van der Waals surface area contributed by atoms with E-state index < -0.39 is 42.8 Å². The molecule has 2 heterocycles. The highest BCUT2D eigenvalue weighted by molar-refractivity contribution is 9.10. The summed E-state index contributed by atoms with van der Waals surface area (Å²) in [6, 6.07) is 0. The Kier molecular flexibility index (Phi) is 5.64. The van der Waals surface area contributed by atoms with Gasteiger partial charge in [0, 0.05) is 0 Å². The van der Waals surface area contributed by atoms with Crippen LogP contribution in [0.1, 0.15) is 11.9 Å². The highest BCUT2D eigenvalue weighted by Gasteiger charge is 2.45. The fourth-order valence-electron chi connectivity index (χ4n) is 2.26. The standard InChI is InChI=1S/C12H17BrN2O6S/c1-4-6(13)10(20)15(12(14-4)22-2)11-9(19)8(18)7(17)5(3-16)21-11/h5,7-9,11,16-19H,3H2,1-2H3/t5-,7-,8+,9-,11-/m1/s1. The molecule has 1 aliphatic heterocycles. The van der Waals surface area contributed by atoms with Crippen LogP contribution in [0.15, 0.2) is 14.4 Å². The van der Waals surface area contributed by atoms with Crippen molar-refractivity contribution < 1.29 is 25.2 Å². The molecular weight excluding hydrogens is 380 g/mol. The number of thioether (sulfide) groups is 1. The van der Waals surface area contributed by atoms with E-state index in [4.69, 9.17) is 4.74 Å². The first kappa shape index (κ1) is 17.9. The molecule has 0 unspecified atom stereocenters.